The van der Waals surface area contributed by atoms with Crippen molar-refractivity contribution in [2.75, 3.05) is 0 Å². The van der Waals surface area contributed by atoms with E-state index in [1.807, 2.05) is 6.08 Å². The standard InChI is InChI=1S/C20H34O2Si/c1-19(2,3)23(5,6)22-18-10-9-17-16-8-7-15(21)13-14(16)11-12-20(17,18)4/h13,16-18H,7-12H2,1-6H3/t16?,17-,18?,20?/m0/s1. The van der Waals surface area contributed by atoms with Crippen molar-refractivity contribution in [1.82, 2.24) is 0 Å². The Balaban J connectivity index is 1.81. The summed E-state index contributed by atoms with van der Waals surface area (Å²) in [6.45, 7) is 14.3. The van der Waals surface area contributed by atoms with Crippen LogP contribution in [-0.2, 0) is 9.22 Å². The average molecular weight is 335 g/mol. The quantitative estimate of drug-likeness (QED) is 0.624. The summed E-state index contributed by atoms with van der Waals surface area (Å²) in [5.41, 5.74) is 1.77. The molecule has 3 unspecified atom stereocenters. The Labute approximate surface area is 143 Å². The van der Waals surface area contributed by atoms with E-state index in [2.05, 4.69) is 40.8 Å². The van der Waals surface area contributed by atoms with Gasteiger partial charge in [-0.1, -0.05) is 33.3 Å². The zero-order valence-electron chi connectivity index (χ0n) is 15.9. The van der Waals surface area contributed by atoms with Crippen LogP contribution in [0.5, 0.6) is 0 Å². The van der Waals surface area contributed by atoms with Gasteiger partial charge in [-0.15, -0.1) is 0 Å². The average Bonchev–Trinajstić information content (AvgIpc) is 2.74. The molecule has 3 aliphatic rings. The van der Waals surface area contributed by atoms with Crippen molar-refractivity contribution < 1.29 is 9.22 Å². The zero-order valence-corrected chi connectivity index (χ0v) is 16.9. The minimum Gasteiger partial charge on any atom is -0.413 e. The highest BCUT2D eigenvalue weighted by atomic mass is 28.4. The molecular weight excluding hydrogens is 300 g/mol. The van der Waals surface area contributed by atoms with Crippen molar-refractivity contribution in [2.24, 2.45) is 17.3 Å². The molecule has 0 radical (unpaired) electrons. The fraction of sp³-hybridized carbons (Fsp3) is 0.850. The fourth-order valence-electron chi connectivity index (χ4n) is 4.96. The topological polar surface area (TPSA) is 26.3 Å². The molecule has 0 aromatic carbocycles. The molecule has 0 bridgehead atoms. The van der Waals surface area contributed by atoms with Gasteiger partial charge in [-0.25, -0.2) is 0 Å². The summed E-state index contributed by atoms with van der Waals surface area (Å²) in [5.74, 6) is 1.73. The summed E-state index contributed by atoms with van der Waals surface area (Å²) in [6.07, 6.45) is 9.06. The number of hydrogen-bond acceptors (Lipinski definition) is 2. The zero-order chi connectivity index (χ0) is 17.0. The van der Waals surface area contributed by atoms with Crippen molar-refractivity contribution in [1.29, 1.82) is 0 Å². The van der Waals surface area contributed by atoms with Gasteiger partial charge in [0.25, 0.3) is 0 Å². The monoisotopic (exact) mass is 334 g/mol. The van der Waals surface area contributed by atoms with Crippen LogP contribution < -0.4 is 0 Å². The lowest BCUT2D eigenvalue weighted by Crippen LogP contribution is -2.49. The van der Waals surface area contributed by atoms with Crippen molar-refractivity contribution in [2.45, 2.75) is 90.5 Å². The fourth-order valence-corrected chi connectivity index (χ4v) is 6.41. The number of ketones is 1. The molecule has 0 N–H and O–H groups in total. The van der Waals surface area contributed by atoms with Gasteiger partial charge >= 0.3 is 0 Å². The molecular formula is C20H34O2Si. The van der Waals surface area contributed by atoms with Gasteiger partial charge in [-0.2, -0.15) is 0 Å². The van der Waals surface area contributed by atoms with Gasteiger partial charge in [0.2, 0.25) is 0 Å². The third-order valence-electron chi connectivity index (χ3n) is 7.53. The Morgan fingerprint density at radius 1 is 1.17 bits per heavy atom. The molecule has 130 valence electrons. The lowest BCUT2D eigenvalue weighted by Gasteiger charge is -2.49. The second kappa shape index (κ2) is 5.55. The van der Waals surface area contributed by atoms with E-state index < -0.39 is 8.32 Å². The van der Waals surface area contributed by atoms with Gasteiger partial charge in [0.15, 0.2) is 14.1 Å². The predicted octanol–water partition coefficient (Wildman–Crippen LogP) is 5.49. The molecule has 0 amide bonds. The number of allylic oxidation sites excluding steroid dienone is 2. The summed E-state index contributed by atoms with van der Waals surface area (Å²) >= 11 is 0. The van der Waals surface area contributed by atoms with Gasteiger partial charge < -0.3 is 4.43 Å². The van der Waals surface area contributed by atoms with Crippen LogP contribution in [-0.4, -0.2) is 20.2 Å². The lowest BCUT2D eigenvalue weighted by atomic mass is 9.59. The largest absolute Gasteiger partial charge is 0.413 e. The van der Waals surface area contributed by atoms with Gasteiger partial charge in [-0.05, 0) is 73.6 Å². The lowest BCUT2D eigenvalue weighted by molar-refractivity contribution is -0.115. The van der Waals surface area contributed by atoms with Gasteiger partial charge in [0, 0.05) is 6.42 Å². The van der Waals surface area contributed by atoms with E-state index in [0.29, 0.717) is 23.2 Å². The van der Waals surface area contributed by atoms with Gasteiger partial charge in [0.05, 0.1) is 6.10 Å². The maximum absolute atomic E-state index is 11.8. The first-order valence-electron chi connectivity index (χ1n) is 9.46. The molecule has 2 fully saturated rings. The summed E-state index contributed by atoms with van der Waals surface area (Å²) in [4.78, 5) is 11.8. The number of rotatable bonds is 2. The summed E-state index contributed by atoms with van der Waals surface area (Å²) in [7, 11) is -1.72. The normalized spacial score (nSPS) is 38.1. The van der Waals surface area contributed by atoms with E-state index in [1.165, 1.54) is 24.8 Å². The molecule has 4 atom stereocenters. The maximum Gasteiger partial charge on any atom is 0.192 e. The van der Waals surface area contributed by atoms with E-state index in [1.54, 1.807) is 0 Å². The number of fused-ring (bicyclic) bond motifs is 3. The molecule has 0 heterocycles. The Bertz CT molecular complexity index is 528. The Kier molecular flexibility index (Phi) is 4.20. The molecule has 0 aromatic heterocycles. The summed E-state index contributed by atoms with van der Waals surface area (Å²) in [6, 6.07) is 0. The van der Waals surface area contributed by atoms with Crippen LogP contribution in [0, 0.1) is 17.3 Å². The first-order chi connectivity index (χ1) is 10.5. The molecule has 0 aliphatic heterocycles. The summed E-state index contributed by atoms with van der Waals surface area (Å²) in [5, 5.41) is 0.276. The van der Waals surface area contributed by atoms with Crippen molar-refractivity contribution in [3.63, 3.8) is 0 Å². The highest BCUT2D eigenvalue weighted by Gasteiger charge is 2.55. The second-order valence-electron chi connectivity index (χ2n) is 9.89. The molecule has 3 aliphatic carbocycles. The Morgan fingerprint density at radius 2 is 1.87 bits per heavy atom. The second-order valence-corrected chi connectivity index (χ2v) is 14.6. The summed E-state index contributed by atoms with van der Waals surface area (Å²) < 4.78 is 6.89. The van der Waals surface area contributed by atoms with Crippen LogP contribution >= 0.6 is 0 Å². The molecule has 3 heteroatoms. The molecule has 2 saturated carbocycles. The van der Waals surface area contributed by atoms with E-state index in [-0.39, 0.29) is 5.04 Å². The minimum absolute atomic E-state index is 0.276. The van der Waals surface area contributed by atoms with E-state index in [9.17, 15) is 4.79 Å². The van der Waals surface area contributed by atoms with Gasteiger partial charge in [-0.3, -0.25) is 4.79 Å². The van der Waals surface area contributed by atoms with Crippen molar-refractivity contribution in [3.8, 4) is 0 Å². The van der Waals surface area contributed by atoms with Crippen LogP contribution in [0.4, 0.5) is 0 Å². The molecule has 0 saturated heterocycles. The molecule has 2 nitrogen and oxygen atoms in total. The highest BCUT2D eigenvalue weighted by Crippen LogP contribution is 2.59. The van der Waals surface area contributed by atoms with Crippen molar-refractivity contribution in [3.05, 3.63) is 11.6 Å². The van der Waals surface area contributed by atoms with E-state index >= 15 is 0 Å². The molecule has 0 aromatic rings. The smallest absolute Gasteiger partial charge is 0.192 e. The Hall–Kier alpha value is -0.413. The number of hydrogen-bond donors (Lipinski definition) is 0. The molecule has 3 rings (SSSR count). The first-order valence-corrected chi connectivity index (χ1v) is 12.4. The van der Waals surface area contributed by atoms with Crippen LogP contribution in [0.3, 0.4) is 0 Å². The minimum atomic E-state index is -1.72. The van der Waals surface area contributed by atoms with Crippen LogP contribution in [0.1, 0.15) is 66.2 Å². The predicted molar refractivity (Wildman–Crippen MR) is 97.9 cm³/mol. The van der Waals surface area contributed by atoms with Crippen LogP contribution in [0.25, 0.3) is 0 Å². The number of carbonyl (C=O) groups excluding carboxylic acids is 1. The SMILES string of the molecule is CC12CCC3=CC(=O)CCC3[C@@H]1CCC2O[Si](C)(C)C(C)(C)C. The third-order valence-corrected chi connectivity index (χ3v) is 12.0. The van der Waals surface area contributed by atoms with Gasteiger partial charge in [0.1, 0.15) is 0 Å². The van der Waals surface area contributed by atoms with Crippen molar-refractivity contribution >= 4 is 14.1 Å². The third kappa shape index (κ3) is 2.88. The molecule has 23 heavy (non-hydrogen) atoms. The Morgan fingerprint density at radius 3 is 2.52 bits per heavy atom. The highest BCUT2D eigenvalue weighted by molar-refractivity contribution is 6.74. The number of carbonyl (C=O) groups is 1. The van der Waals surface area contributed by atoms with Crippen LogP contribution in [0.15, 0.2) is 11.6 Å². The first kappa shape index (κ1) is 17.4. The maximum atomic E-state index is 11.8. The van der Waals surface area contributed by atoms with E-state index in [0.717, 1.165) is 25.2 Å². The van der Waals surface area contributed by atoms with Crippen LogP contribution in [0.2, 0.25) is 18.1 Å². The van der Waals surface area contributed by atoms with E-state index in [4.69, 9.17) is 4.43 Å². The molecule has 0 spiro atoms.